The lowest BCUT2D eigenvalue weighted by Crippen LogP contribution is -2.48. The summed E-state index contributed by atoms with van der Waals surface area (Å²) >= 11 is 1.31. The van der Waals surface area contributed by atoms with Crippen LogP contribution in [0.15, 0.2) is 41.8 Å². The van der Waals surface area contributed by atoms with E-state index in [1.807, 2.05) is 0 Å². The van der Waals surface area contributed by atoms with Gasteiger partial charge in [-0.05, 0) is 17.5 Å². The van der Waals surface area contributed by atoms with E-state index in [-0.39, 0.29) is 30.4 Å². The molecule has 1 amide bonds. The zero-order chi connectivity index (χ0) is 17.1. The van der Waals surface area contributed by atoms with Gasteiger partial charge in [0.25, 0.3) is 5.91 Å². The zero-order valence-electron chi connectivity index (χ0n) is 12.7. The molecule has 1 fully saturated rings. The Morgan fingerprint density at radius 2 is 1.88 bits per heavy atom. The van der Waals surface area contributed by atoms with E-state index in [4.69, 9.17) is 9.84 Å². The second kappa shape index (κ2) is 6.94. The van der Waals surface area contributed by atoms with Crippen LogP contribution in [0.4, 0.5) is 0 Å². The molecule has 1 atom stereocenters. The number of thiophene rings is 1. The number of carbonyl (C=O) groups excluding carboxylic acids is 2. The van der Waals surface area contributed by atoms with Crippen molar-refractivity contribution in [2.45, 2.75) is 6.10 Å². The Morgan fingerprint density at radius 3 is 2.54 bits per heavy atom. The van der Waals surface area contributed by atoms with Gasteiger partial charge in [-0.1, -0.05) is 24.3 Å². The highest BCUT2D eigenvalue weighted by Gasteiger charge is 2.31. The van der Waals surface area contributed by atoms with Crippen LogP contribution < -0.4 is 0 Å². The molecule has 0 bridgehead atoms. The topological polar surface area (TPSA) is 83.9 Å². The molecule has 1 unspecified atom stereocenters. The number of carboxylic acid groups (broad SMARTS) is 1. The standard InChI is InChI=1S/C17H15NO5S/c19-15(14-6-3-9-24-14)11-4-1-2-5-12(11)16(20)18-7-8-23-13(10-18)17(21)22/h1-6,9,13H,7-8,10H2,(H,21,22). The molecule has 7 heteroatoms. The second-order valence-corrected chi connectivity index (χ2v) is 6.25. The van der Waals surface area contributed by atoms with Gasteiger partial charge in [-0.25, -0.2) is 4.79 Å². The molecule has 3 rings (SSSR count). The smallest absolute Gasteiger partial charge is 0.334 e. The van der Waals surface area contributed by atoms with Gasteiger partial charge in [0.1, 0.15) is 0 Å². The third-order valence-corrected chi connectivity index (χ3v) is 4.64. The fourth-order valence-corrected chi connectivity index (χ4v) is 3.24. The Balaban J connectivity index is 1.88. The van der Waals surface area contributed by atoms with Crippen LogP contribution in [0.2, 0.25) is 0 Å². The molecule has 0 saturated carbocycles. The molecule has 1 saturated heterocycles. The largest absolute Gasteiger partial charge is 0.479 e. The van der Waals surface area contributed by atoms with Gasteiger partial charge in [-0.3, -0.25) is 9.59 Å². The predicted octanol–water partition coefficient (Wildman–Crippen LogP) is 1.90. The highest BCUT2D eigenvalue weighted by Crippen LogP contribution is 2.20. The third kappa shape index (κ3) is 3.22. The second-order valence-electron chi connectivity index (χ2n) is 5.30. The number of carbonyl (C=O) groups is 3. The van der Waals surface area contributed by atoms with Crippen LogP contribution in [-0.2, 0) is 9.53 Å². The molecular formula is C17H15NO5S. The van der Waals surface area contributed by atoms with E-state index in [0.717, 1.165) is 0 Å². The number of benzene rings is 1. The Hall–Kier alpha value is -2.51. The van der Waals surface area contributed by atoms with Crippen molar-refractivity contribution in [1.82, 2.24) is 4.90 Å². The monoisotopic (exact) mass is 345 g/mol. The summed E-state index contributed by atoms with van der Waals surface area (Å²) in [7, 11) is 0. The molecule has 1 aliphatic rings. The molecule has 1 N–H and O–H groups in total. The highest BCUT2D eigenvalue weighted by atomic mass is 32.1. The first-order valence-corrected chi connectivity index (χ1v) is 8.27. The number of ether oxygens (including phenoxy) is 1. The molecule has 0 spiro atoms. The molecule has 6 nitrogen and oxygen atoms in total. The Morgan fingerprint density at radius 1 is 1.12 bits per heavy atom. The number of nitrogens with zero attached hydrogens (tertiary/aromatic N) is 1. The minimum atomic E-state index is -1.10. The van der Waals surface area contributed by atoms with Crippen molar-refractivity contribution < 1.29 is 24.2 Å². The summed E-state index contributed by atoms with van der Waals surface area (Å²) < 4.78 is 5.13. The summed E-state index contributed by atoms with van der Waals surface area (Å²) in [6.07, 6.45) is -1.04. The first-order chi connectivity index (χ1) is 11.6. The van der Waals surface area contributed by atoms with Crippen LogP contribution >= 0.6 is 11.3 Å². The van der Waals surface area contributed by atoms with E-state index in [9.17, 15) is 14.4 Å². The fraction of sp³-hybridized carbons (Fsp3) is 0.235. The van der Waals surface area contributed by atoms with E-state index >= 15 is 0 Å². The van der Waals surface area contributed by atoms with E-state index in [0.29, 0.717) is 17.0 Å². The van der Waals surface area contributed by atoms with Gasteiger partial charge in [-0.2, -0.15) is 0 Å². The minimum Gasteiger partial charge on any atom is -0.479 e. The van der Waals surface area contributed by atoms with Crippen molar-refractivity contribution in [3.05, 3.63) is 57.8 Å². The summed E-state index contributed by atoms with van der Waals surface area (Å²) in [5, 5.41) is 10.9. The van der Waals surface area contributed by atoms with Gasteiger partial charge >= 0.3 is 5.97 Å². The summed E-state index contributed by atoms with van der Waals surface area (Å²) in [5.74, 6) is -1.67. The maximum Gasteiger partial charge on any atom is 0.334 e. The molecule has 0 radical (unpaired) electrons. The lowest BCUT2D eigenvalue weighted by atomic mass is 10.0. The molecule has 1 aromatic heterocycles. The number of rotatable bonds is 4. The van der Waals surface area contributed by atoms with E-state index in [1.54, 1.807) is 41.8 Å². The molecule has 1 aliphatic heterocycles. The Kier molecular flexibility index (Phi) is 4.73. The molecule has 2 heterocycles. The van der Waals surface area contributed by atoms with Gasteiger partial charge in [0.05, 0.1) is 23.6 Å². The lowest BCUT2D eigenvalue weighted by Gasteiger charge is -2.31. The van der Waals surface area contributed by atoms with Crippen LogP contribution in [-0.4, -0.2) is 53.5 Å². The molecule has 1 aromatic carbocycles. The number of aliphatic carboxylic acids is 1. The number of amides is 1. The molecule has 0 aliphatic carbocycles. The fourth-order valence-electron chi connectivity index (χ4n) is 2.56. The highest BCUT2D eigenvalue weighted by molar-refractivity contribution is 7.12. The summed E-state index contributed by atoms with van der Waals surface area (Å²) in [5.41, 5.74) is 0.602. The Bertz CT molecular complexity index is 771. The summed E-state index contributed by atoms with van der Waals surface area (Å²) in [6, 6.07) is 10.1. The lowest BCUT2D eigenvalue weighted by molar-refractivity contribution is -0.154. The minimum absolute atomic E-state index is 0.0321. The average molecular weight is 345 g/mol. The Labute approximate surface area is 142 Å². The van der Waals surface area contributed by atoms with Crippen molar-refractivity contribution in [3.63, 3.8) is 0 Å². The van der Waals surface area contributed by atoms with Crippen molar-refractivity contribution in [1.29, 1.82) is 0 Å². The van der Waals surface area contributed by atoms with E-state index in [2.05, 4.69) is 0 Å². The van der Waals surface area contributed by atoms with Crippen LogP contribution in [0.1, 0.15) is 25.6 Å². The van der Waals surface area contributed by atoms with E-state index < -0.39 is 12.1 Å². The van der Waals surface area contributed by atoms with Crippen molar-refractivity contribution in [2.24, 2.45) is 0 Å². The quantitative estimate of drug-likeness (QED) is 0.856. The number of hydrogen-bond donors (Lipinski definition) is 1. The van der Waals surface area contributed by atoms with Crippen molar-refractivity contribution in [3.8, 4) is 0 Å². The van der Waals surface area contributed by atoms with Crippen LogP contribution in [0.5, 0.6) is 0 Å². The summed E-state index contributed by atoms with van der Waals surface area (Å²) in [4.78, 5) is 38.4. The third-order valence-electron chi connectivity index (χ3n) is 3.78. The maximum absolute atomic E-state index is 12.8. The van der Waals surface area contributed by atoms with Crippen LogP contribution in [0, 0.1) is 0 Å². The summed E-state index contributed by atoms with van der Waals surface area (Å²) in [6.45, 7) is 0.420. The average Bonchev–Trinajstić information content (AvgIpc) is 3.15. The van der Waals surface area contributed by atoms with Gasteiger partial charge in [-0.15, -0.1) is 11.3 Å². The maximum atomic E-state index is 12.8. The molecular weight excluding hydrogens is 330 g/mol. The van der Waals surface area contributed by atoms with Crippen LogP contribution in [0.3, 0.4) is 0 Å². The van der Waals surface area contributed by atoms with Gasteiger partial charge < -0.3 is 14.7 Å². The first kappa shape index (κ1) is 16.4. The normalized spacial score (nSPS) is 17.5. The SMILES string of the molecule is O=C(c1cccs1)c1ccccc1C(=O)N1CCOC(C(=O)O)C1. The van der Waals surface area contributed by atoms with Gasteiger partial charge in [0.2, 0.25) is 5.78 Å². The number of carboxylic acids is 1. The number of morpholine rings is 1. The van der Waals surface area contributed by atoms with Crippen molar-refractivity contribution >= 4 is 29.0 Å². The predicted molar refractivity (Wildman–Crippen MR) is 87.5 cm³/mol. The van der Waals surface area contributed by atoms with Gasteiger partial charge in [0.15, 0.2) is 6.10 Å². The first-order valence-electron chi connectivity index (χ1n) is 7.39. The zero-order valence-corrected chi connectivity index (χ0v) is 13.5. The van der Waals surface area contributed by atoms with Crippen LogP contribution in [0.25, 0.3) is 0 Å². The van der Waals surface area contributed by atoms with Crippen molar-refractivity contribution in [2.75, 3.05) is 19.7 Å². The molecule has 24 heavy (non-hydrogen) atoms. The molecule has 2 aromatic rings. The number of ketones is 1. The van der Waals surface area contributed by atoms with Gasteiger partial charge in [0, 0.05) is 12.1 Å². The number of hydrogen-bond acceptors (Lipinski definition) is 5. The molecule has 124 valence electrons. The van der Waals surface area contributed by atoms with E-state index in [1.165, 1.54) is 16.2 Å².